The summed E-state index contributed by atoms with van der Waals surface area (Å²) in [6.45, 7) is -0.0385. The van der Waals surface area contributed by atoms with Gasteiger partial charge in [-0.3, -0.25) is 4.79 Å². The molecule has 0 unspecified atom stereocenters. The molecule has 1 heterocycles. The Labute approximate surface area is 181 Å². The molecule has 1 amide bonds. The number of ether oxygens (including phenoxy) is 1. The van der Waals surface area contributed by atoms with E-state index in [4.69, 9.17) is 16.3 Å². The molecule has 2 aromatic carbocycles. The van der Waals surface area contributed by atoms with Crippen LogP contribution in [0.1, 0.15) is 29.6 Å². The molecule has 0 aromatic heterocycles. The van der Waals surface area contributed by atoms with E-state index in [1.165, 1.54) is 12.1 Å². The third-order valence-corrected chi connectivity index (χ3v) is 6.71. The van der Waals surface area contributed by atoms with Crippen LogP contribution in [0.4, 0.5) is 0 Å². The van der Waals surface area contributed by atoms with Crippen LogP contribution in [0.25, 0.3) is 0 Å². The maximum absolute atomic E-state index is 12.4. The van der Waals surface area contributed by atoms with Crippen molar-refractivity contribution in [3.63, 3.8) is 0 Å². The minimum atomic E-state index is -3.66. The zero-order valence-corrected chi connectivity index (χ0v) is 17.9. The van der Waals surface area contributed by atoms with Crippen molar-refractivity contribution in [3.8, 4) is 0 Å². The van der Waals surface area contributed by atoms with Gasteiger partial charge in [-0.25, -0.2) is 13.1 Å². The fourth-order valence-corrected chi connectivity index (χ4v) is 4.77. The van der Waals surface area contributed by atoms with Gasteiger partial charge in [0.05, 0.1) is 23.6 Å². The predicted octanol–water partition coefficient (Wildman–Crippen LogP) is 2.35. The van der Waals surface area contributed by atoms with E-state index in [1.807, 2.05) is 6.07 Å². The van der Waals surface area contributed by atoms with Gasteiger partial charge in [0, 0.05) is 17.1 Å². The van der Waals surface area contributed by atoms with Crippen LogP contribution in [-0.4, -0.2) is 50.8 Å². The summed E-state index contributed by atoms with van der Waals surface area (Å²) >= 11 is 5.86. The van der Waals surface area contributed by atoms with Crippen LogP contribution in [-0.2, 0) is 14.8 Å². The van der Waals surface area contributed by atoms with Crippen LogP contribution in [0.15, 0.2) is 59.5 Å². The van der Waals surface area contributed by atoms with Gasteiger partial charge in [0.25, 0.3) is 5.91 Å². The molecule has 9 heteroatoms. The van der Waals surface area contributed by atoms with Gasteiger partial charge in [-0.15, -0.1) is 0 Å². The molecule has 0 radical (unpaired) electrons. The Hall–Kier alpha value is -1.97. The maximum atomic E-state index is 12.4. The van der Waals surface area contributed by atoms with Crippen LogP contribution in [0.2, 0.25) is 5.02 Å². The minimum absolute atomic E-state index is 0.108. The molecule has 3 rings (SSSR count). The monoisotopic (exact) mass is 452 g/mol. The SMILES string of the molecule is O=C(N[C@@H]1CC[C@@H](CCNS(=O)(=O)c2cccc(Cl)c2)O[C@@H]1CO)c1ccccc1. The molecule has 1 aliphatic heterocycles. The van der Waals surface area contributed by atoms with E-state index < -0.39 is 16.1 Å². The average Bonchev–Trinajstić information content (AvgIpc) is 2.75. The van der Waals surface area contributed by atoms with Crippen molar-refractivity contribution in [2.45, 2.75) is 42.4 Å². The first kappa shape index (κ1) is 22.7. The Morgan fingerprint density at radius 3 is 2.60 bits per heavy atom. The number of carbonyl (C=O) groups is 1. The molecule has 3 N–H and O–H groups in total. The van der Waals surface area contributed by atoms with Crippen molar-refractivity contribution in [1.82, 2.24) is 10.0 Å². The van der Waals surface area contributed by atoms with Crippen molar-refractivity contribution < 1.29 is 23.1 Å². The highest BCUT2D eigenvalue weighted by Gasteiger charge is 2.32. The fourth-order valence-electron chi connectivity index (χ4n) is 3.42. The Morgan fingerprint density at radius 1 is 1.13 bits per heavy atom. The summed E-state index contributed by atoms with van der Waals surface area (Å²) in [5.74, 6) is -0.213. The third-order valence-electron chi connectivity index (χ3n) is 5.01. The minimum Gasteiger partial charge on any atom is -0.394 e. The first-order valence-corrected chi connectivity index (χ1v) is 11.6. The number of aliphatic hydroxyl groups excluding tert-OH is 1. The number of amides is 1. The predicted molar refractivity (Wildman–Crippen MR) is 114 cm³/mol. The molecule has 0 bridgehead atoms. The lowest BCUT2D eigenvalue weighted by Gasteiger charge is -2.36. The van der Waals surface area contributed by atoms with E-state index in [0.29, 0.717) is 29.8 Å². The zero-order valence-electron chi connectivity index (χ0n) is 16.3. The molecule has 7 nitrogen and oxygen atoms in total. The average molecular weight is 453 g/mol. The van der Waals surface area contributed by atoms with Crippen LogP contribution in [0.5, 0.6) is 0 Å². The topological polar surface area (TPSA) is 105 Å². The number of nitrogens with one attached hydrogen (secondary N) is 2. The first-order chi connectivity index (χ1) is 14.4. The van der Waals surface area contributed by atoms with E-state index in [0.717, 1.165) is 0 Å². The van der Waals surface area contributed by atoms with E-state index in [9.17, 15) is 18.3 Å². The van der Waals surface area contributed by atoms with Crippen LogP contribution >= 0.6 is 11.6 Å². The van der Waals surface area contributed by atoms with E-state index >= 15 is 0 Å². The summed E-state index contributed by atoms with van der Waals surface area (Å²) in [4.78, 5) is 12.5. The number of halogens is 1. The number of aliphatic hydroxyl groups is 1. The summed E-state index contributed by atoms with van der Waals surface area (Å²) in [7, 11) is -3.66. The third kappa shape index (κ3) is 6.02. The van der Waals surface area contributed by atoms with Crippen molar-refractivity contribution in [2.24, 2.45) is 0 Å². The van der Waals surface area contributed by atoms with Gasteiger partial charge in [0.15, 0.2) is 0 Å². The number of carbonyl (C=O) groups excluding carboxylic acids is 1. The quantitative estimate of drug-likeness (QED) is 0.570. The second-order valence-corrected chi connectivity index (χ2v) is 9.35. The Kier molecular flexibility index (Phi) is 7.85. The molecule has 1 saturated heterocycles. The summed E-state index contributed by atoms with van der Waals surface area (Å²) in [6.07, 6.45) is 0.982. The summed E-state index contributed by atoms with van der Waals surface area (Å²) in [5.41, 5.74) is 0.548. The Bertz CT molecular complexity index is 955. The highest BCUT2D eigenvalue weighted by atomic mass is 35.5. The molecule has 0 spiro atoms. The largest absolute Gasteiger partial charge is 0.394 e. The van der Waals surface area contributed by atoms with Gasteiger partial charge in [-0.2, -0.15) is 0 Å². The smallest absolute Gasteiger partial charge is 0.251 e. The second-order valence-electron chi connectivity index (χ2n) is 7.15. The van der Waals surface area contributed by atoms with Crippen molar-refractivity contribution in [3.05, 3.63) is 65.2 Å². The van der Waals surface area contributed by atoms with Crippen molar-refractivity contribution >= 4 is 27.5 Å². The standard InChI is InChI=1S/C21H25ClN2O5S/c22-16-7-4-8-18(13-16)30(27,28)23-12-11-17-9-10-19(20(14-25)29-17)24-21(26)15-5-2-1-3-6-15/h1-8,13,17,19-20,23,25H,9-12,14H2,(H,24,26)/t17-,19+,20+/m0/s1. The van der Waals surface area contributed by atoms with E-state index in [2.05, 4.69) is 10.0 Å². The molecule has 162 valence electrons. The van der Waals surface area contributed by atoms with Crippen molar-refractivity contribution in [2.75, 3.05) is 13.2 Å². The normalized spacial score (nSPS) is 21.9. The van der Waals surface area contributed by atoms with Crippen LogP contribution < -0.4 is 10.0 Å². The highest BCUT2D eigenvalue weighted by Crippen LogP contribution is 2.22. The molecule has 30 heavy (non-hydrogen) atoms. The number of hydrogen-bond donors (Lipinski definition) is 3. The Morgan fingerprint density at radius 2 is 1.90 bits per heavy atom. The molecule has 2 aromatic rings. The number of rotatable bonds is 8. The Balaban J connectivity index is 1.50. The molecular formula is C21H25ClN2O5S. The van der Waals surface area contributed by atoms with Gasteiger partial charge in [-0.05, 0) is 49.6 Å². The first-order valence-electron chi connectivity index (χ1n) is 9.76. The zero-order chi connectivity index (χ0) is 21.6. The van der Waals surface area contributed by atoms with E-state index in [-0.39, 0.29) is 36.1 Å². The number of hydrogen-bond acceptors (Lipinski definition) is 5. The number of benzene rings is 2. The summed E-state index contributed by atoms with van der Waals surface area (Å²) in [5, 5.41) is 13.0. The summed E-state index contributed by atoms with van der Waals surface area (Å²) in [6, 6.07) is 14.6. The van der Waals surface area contributed by atoms with Gasteiger partial charge in [-0.1, -0.05) is 35.9 Å². The molecular weight excluding hydrogens is 428 g/mol. The fraction of sp³-hybridized carbons (Fsp3) is 0.381. The maximum Gasteiger partial charge on any atom is 0.251 e. The lowest BCUT2D eigenvalue weighted by Crippen LogP contribution is -2.51. The van der Waals surface area contributed by atoms with E-state index in [1.54, 1.807) is 36.4 Å². The lowest BCUT2D eigenvalue weighted by molar-refractivity contribution is -0.0891. The van der Waals surface area contributed by atoms with Gasteiger partial charge >= 0.3 is 0 Å². The van der Waals surface area contributed by atoms with Crippen LogP contribution in [0.3, 0.4) is 0 Å². The van der Waals surface area contributed by atoms with Crippen molar-refractivity contribution in [1.29, 1.82) is 0 Å². The van der Waals surface area contributed by atoms with Gasteiger partial charge < -0.3 is 15.2 Å². The molecule has 0 saturated carbocycles. The summed E-state index contributed by atoms with van der Waals surface area (Å²) < 4.78 is 33.2. The van der Waals surface area contributed by atoms with Gasteiger partial charge in [0.2, 0.25) is 10.0 Å². The molecule has 1 aliphatic rings. The molecule has 3 atom stereocenters. The highest BCUT2D eigenvalue weighted by molar-refractivity contribution is 7.89. The number of sulfonamides is 1. The molecule has 0 aliphatic carbocycles. The lowest BCUT2D eigenvalue weighted by atomic mass is 9.97. The van der Waals surface area contributed by atoms with Crippen LogP contribution in [0, 0.1) is 0 Å². The second kappa shape index (κ2) is 10.4. The van der Waals surface area contributed by atoms with Gasteiger partial charge in [0.1, 0.15) is 6.10 Å². The molecule has 1 fully saturated rings.